The molecule has 3 rings (SSSR count). The molecule has 0 aliphatic carbocycles. The average Bonchev–Trinajstić information content (AvgIpc) is 2.95. The van der Waals surface area contributed by atoms with Crippen molar-refractivity contribution in [2.24, 2.45) is 0 Å². The molecule has 3 N–H and O–H groups in total. The second-order valence-electron chi connectivity index (χ2n) is 5.52. The molecule has 1 amide bonds. The highest BCUT2D eigenvalue weighted by molar-refractivity contribution is 7.21. The second-order valence-corrected chi connectivity index (χ2v) is 6.54. The number of aryl methyl sites for hydroxylation is 1. The van der Waals surface area contributed by atoms with Gasteiger partial charge in [0.05, 0.1) is 5.69 Å². The van der Waals surface area contributed by atoms with Crippen LogP contribution in [-0.4, -0.2) is 37.0 Å². The number of carbonyl (C=O) groups is 1. The van der Waals surface area contributed by atoms with E-state index in [0.717, 1.165) is 29.6 Å². The number of carbonyl (C=O) groups excluding carboxylic acids is 1. The van der Waals surface area contributed by atoms with E-state index < -0.39 is 0 Å². The van der Waals surface area contributed by atoms with Crippen molar-refractivity contribution in [1.82, 2.24) is 10.2 Å². The molecule has 0 radical (unpaired) electrons. The Balaban J connectivity index is 1.88. The molecule has 0 spiro atoms. The average molecular weight is 289 g/mol. The number of nitrogens with zero attached hydrogens (tertiary/aromatic N) is 1. The number of likely N-dealkylation sites (N-methyl/N-ethyl adjacent to an activating group) is 1. The molecule has 1 aliphatic heterocycles. The molecular weight excluding hydrogens is 270 g/mol. The number of nitrogens with one attached hydrogen (secondary N) is 1. The molecule has 1 atom stereocenters. The first kappa shape index (κ1) is 13.4. The molecule has 1 aromatic carbocycles. The van der Waals surface area contributed by atoms with Crippen molar-refractivity contribution in [2.75, 3.05) is 25.9 Å². The van der Waals surface area contributed by atoms with E-state index in [1.807, 2.05) is 25.1 Å². The van der Waals surface area contributed by atoms with Crippen LogP contribution in [-0.2, 0) is 0 Å². The van der Waals surface area contributed by atoms with Gasteiger partial charge in [0.25, 0.3) is 5.91 Å². The Bertz CT molecular complexity index is 664. The summed E-state index contributed by atoms with van der Waals surface area (Å²) in [5.41, 5.74) is 7.92. The zero-order valence-electron chi connectivity index (χ0n) is 11.8. The molecule has 1 fully saturated rings. The summed E-state index contributed by atoms with van der Waals surface area (Å²) in [6, 6.07) is 6.24. The number of anilines is 1. The van der Waals surface area contributed by atoms with Crippen LogP contribution < -0.4 is 11.1 Å². The first-order valence-electron chi connectivity index (χ1n) is 6.83. The number of benzene rings is 1. The Morgan fingerprint density at radius 1 is 1.50 bits per heavy atom. The Hall–Kier alpha value is -1.59. The standard InChI is InChI=1S/C15H19N3OS/c1-9-4-3-5-11-12(16)14(20-13(9)11)15(19)17-10-6-7-18(2)8-10/h3-5,10H,6-8,16H2,1-2H3,(H,17,19). The van der Waals surface area contributed by atoms with Gasteiger partial charge in [-0.3, -0.25) is 4.79 Å². The van der Waals surface area contributed by atoms with Crippen LogP contribution in [0.15, 0.2) is 18.2 Å². The molecule has 5 heteroatoms. The van der Waals surface area contributed by atoms with Crippen molar-refractivity contribution in [3.8, 4) is 0 Å². The van der Waals surface area contributed by atoms with Gasteiger partial charge in [0, 0.05) is 22.7 Å². The van der Waals surface area contributed by atoms with Crippen molar-refractivity contribution >= 4 is 33.0 Å². The summed E-state index contributed by atoms with van der Waals surface area (Å²) in [7, 11) is 2.07. The van der Waals surface area contributed by atoms with Crippen LogP contribution in [0.25, 0.3) is 10.1 Å². The van der Waals surface area contributed by atoms with Gasteiger partial charge in [-0.2, -0.15) is 0 Å². The minimum absolute atomic E-state index is 0.0385. The van der Waals surface area contributed by atoms with Gasteiger partial charge < -0.3 is 16.0 Å². The van der Waals surface area contributed by atoms with Crippen LogP contribution in [0.4, 0.5) is 5.69 Å². The molecule has 20 heavy (non-hydrogen) atoms. The maximum absolute atomic E-state index is 12.4. The molecule has 1 aromatic heterocycles. The summed E-state index contributed by atoms with van der Waals surface area (Å²) >= 11 is 1.49. The summed E-state index contributed by atoms with van der Waals surface area (Å²) in [4.78, 5) is 15.3. The fourth-order valence-electron chi connectivity index (χ4n) is 2.75. The number of hydrogen-bond donors (Lipinski definition) is 2. The summed E-state index contributed by atoms with van der Waals surface area (Å²) in [6.45, 7) is 3.99. The van der Waals surface area contributed by atoms with E-state index in [9.17, 15) is 4.79 Å². The molecule has 4 nitrogen and oxygen atoms in total. The largest absolute Gasteiger partial charge is 0.397 e. The van der Waals surface area contributed by atoms with E-state index in [0.29, 0.717) is 10.6 Å². The fourth-order valence-corrected chi connectivity index (χ4v) is 3.84. The van der Waals surface area contributed by atoms with Crippen LogP contribution in [0.5, 0.6) is 0 Å². The Labute approximate surface area is 122 Å². The molecule has 2 heterocycles. The van der Waals surface area contributed by atoms with Gasteiger partial charge in [-0.15, -0.1) is 11.3 Å². The highest BCUT2D eigenvalue weighted by Gasteiger charge is 2.24. The van der Waals surface area contributed by atoms with Gasteiger partial charge in [0.15, 0.2) is 0 Å². The van der Waals surface area contributed by atoms with E-state index in [2.05, 4.69) is 17.3 Å². The van der Waals surface area contributed by atoms with Crippen molar-refractivity contribution in [3.05, 3.63) is 28.6 Å². The van der Waals surface area contributed by atoms with E-state index in [4.69, 9.17) is 5.73 Å². The van der Waals surface area contributed by atoms with E-state index in [-0.39, 0.29) is 11.9 Å². The molecule has 0 saturated carbocycles. The number of likely N-dealkylation sites (tertiary alicyclic amines) is 1. The number of hydrogen-bond acceptors (Lipinski definition) is 4. The lowest BCUT2D eigenvalue weighted by molar-refractivity contribution is 0.0943. The molecule has 2 aromatic rings. The third-order valence-electron chi connectivity index (χ3n) is 3.88. The predicted octanol–water partition coefficient (Wildman–Crippen LogP) is 2.23. The minimum Gasteiger partial charge on any atom is -0.397 e. The zero-order chi connectivity index (χ0) is 14.3. The van der Waals surface area contributed by atoms with Crippen molar-refractivity contribution in [1.29, 1.82) is 0 Å². The Kier molecular flexibility index (Phi) is 3.40. The van der Waals surface area contributed by atoms with Crippen LogP contribution in [0.2, 0.25) is 0 Å². The fraction of sp³-hybridized carbons (Fsp3) is 0.400. The van der Waals surface area contributed by atoms with E-state index in [1.165, 1.54) is 16.9 Å². The van der Waals surface area contributed by atoms with Crippen molar-refractivity contribution in [2.45, 2.75) is 19.4 Å². The lowest BCUT2D eigenvalue weighted by Gasteiger charge is -2.12. The van der Waals surface area contributed by atoms with Crippen molar-refractivity contribution < 1.29 is 4.79 Å². The second kappa shape index (κ2) is 5.07. The predicted molar refractivity (Wildman–Crippen MR) is 84.3 cm³/mol. The zero-order valence-corrected chi connectivity index (χ0v) is 12.6. The molecule has 1 aliphatic rings. The Morgan fingerprint density at radius 2 is 2.30 bits per heavy atom. The van der Waals surface area contributed by atoms with Gasteiger partial charge in [0.1, 0.15) is 4.88 Å². The molecule has 0 bridgehead atoms. The first-order chi connectivity index (χ1) is 9.56. The van der Waals surface area contributed by atoms with Crippen LogP contribution >= 0.6 is 11.3 Å². The van der Waals surface area contributed by atoms with E-state index in [1.54, 1.807) is 0 Å². The van der Waals surface area contributed by atoms with Crippen LogP contribution in [0, 0.1) is 6.92 Å². The summed E-state index contributed by atoms with van der Waals surface area (Å²) in [5.74, 6) is -0.0385. The molecule has 1 saturated heterocycles. The van der Waals surface area contributed by atoms with Gasteiger partial charge in [-0.1, -0.05) is 18.2 Å². The lowest BCUT2D eigenvalue weighted by atomic mass is 10.1. The van der Waals surface area contributed by atoms with Crippen LogP contribution in [0.3, 0.4) is 0 Å². The van der Waals surface area contributed by atoms with Gasteiger partial charge in [-0.25, -0.2) is 0 Å². The molecule has 1 unspecified atom stereocenters. The molecule has 106 valence electrons. The smallest absolute Gasteiger partial charge is 0.263 e. The SMILES string of the molecule is Cc1cccc2c(N)c(C(=O)NC3CCN(C)C3)sc12. The highest BCUT2D eigenvalue weighted by atomic mass is 32.1. The van der Waals surface area contributed by atoms with Gasteiger partial charge in [-0.05, 0) is 32.5 Å². The third kappa shape index (κ3) is 2.27. The number of thiophene rings is 1. The number of rotatable bonds is 2. The normalized spacial score (nSPS) is 19.6. The van der Waals surface area contributed by atoms with Gasteiger partial charge in [0.2, 0.25) is 0 Å². The lowest BCUT2D eigenvalue weighted by Crippen LogP contribution is -2.36. The number of amides is 1. The maximum Gasteiger partial charge on any atom is 0.263 e. The first-order valence-corrected chi connectivity index (χ1v) is 7.65. The molecular formula is C15H19N3OS. The van der Waals surface area contributed by atoms with Crippen molar-refractivity contribution in [3.63, 3.8) is 0 Å². The summed E-state index contributed by atoms with van der Waals surface area (Å²) in [6.07, 6.45) is 1.01. The quantitative estimate of drug-likeness (QED) is 0.891. The number of nitrogens with two attached hydrogens (primary N) is 1. The Morgan fingerprint density at radius 3 is 2.95 bits per heavy atom. The van der Waals surface area contributed by atoms with E-state index >= 15 is 0 Å². The number of nitrogen functional groups attached to an aromatic ring is 1. The topological polar surface area (TPSA) is 58.4 Å². The van der Waals surface area contributed by atoms with Crippen LogP contribution in [0.1, 0.15) is 21.7 Å². The van der Waals surface area contributed by atoms with Gasteiger partial charge >= 0.3 is 0 Å². The monoisotopic (exact) mass is 289 g/mol. The minimum atomic E-state index is -0.0385. The third-order valence-corrected chi connectivity index (χ3v) is 5.24. The number of fused-ring (bicyclic) bond motifs is 1. The summed E-state index contributed by atoms with van der Waals surface area (Å²) in [5, 5.41) is 4.09. The summed E-state index contributed by atoms with van der Waals surface area (Å²) < 4.78 is 1.11. The highest BCUT2D eigenvalue weighted by Crippen LogP contribution is 2.35. The maximum atomic E-state index is 12.4.